The van der Waals surface area contributed by atoms with Crippen LogP contribution in [0.15, 0.2) is 36.7 Å². The molecule has 2 rings (SSSR count). The summed E-state index contributed by atoms with van der Waals surface area (Å²) in [7, 11) is 1.66. The zero-order valence-corrected chi connectivity index (χ0v) is 11.2. The predicted molar refractivity (Wildman–Crippen MR) is 74.5 cm³/mol. The smallest absolute Gasteiger partial charge is 0.121 e. The van der Waals surface area contributed by atoms with E-state index in [9.17, 15) is 5.11 Å². The molecule has 1 aromatic carbocycles. The lowest BCUT2D eigenvalue weighted by atomic mass is 10.2. The third-order valence-corrected chi connectivity index (χ3v) is 2.89. The van der Waals surface area contributed by atoms with E-state index >= 15 is 0 Å². The van der Waals surface area contributed by atoms with Gasteiger partial charge in [-0.3, -0.25) is 4.68 Å². The molecule has 5 nitrogen and oxygen atoms in total. The summed E-state index contributed by atoms with van der Waals surface area (Å²) in [5.74, 6) is 0.864. The van der Waals surface area contributed by atoms with E-state index in [1.165, 1.54) is 0 Å². The number of hydrogen-bond acceptors (Lipinski definition) is 4. The van der Waals surface area contributed by atoms with Crippen molar-refractivity contribution in [3.8, 4) is 5.75 Å². The fourth-order valence-electron chi connectivity index (χ4n) is 1.91. The van der Waals surface area contributed by atoms with Crippen LogP contribution in [0.25, 0.3) is 0 Å². The van der Waals surface area contributed by atoms with Gasteiger partial charge in [0.2, 0.25) is 0 Å². The fraction of sp³-hybridized carbons (Fsp3) is 0.357. The molecule has 0 saturated carbocycles. The Morgan fingerprint density at radius 1 is 1.47 bits per heavy atom. The first kappa shape index (κ1) is 13.4. The van der Waals surface area contributed by atoms with E-state index in [-0.39, 0.29) is 0 Å². The zero-order chi connectivity index (χ0) is 13.7. The molecule has 19 heavy (non-hydrogen) atoms. The van der Waals surface area contributed by atoms with Gasteiger partial charge in [0.05, 0.1) is 19.8 Å². The highest BCUT2D eigenvalue weighted by Gasteiger charge is 2.06. The molecule has 0 bridgehead atoms. The van der Waals surface area contributed by atoms with Gasteiger partial charge in [0, 0.05) is 24.6 Å². The highest BCUT2D eigenvalue weighted by atomic mass is 16.5. The van der Waals surface area contributed by atoms with E-state index in [2.05, 4.69) is 10.4 Å². The number of aryl methyl sites for hydroxylation is 1. The van der Waals surface area contributed by atoms with Gasteiger partial charge in [0.25, 0.3) is 0 Å². The molecule has 102 valence electrons. The molecule has 2 aromatic rings. The molecule has 0 aliphatic rings. The van der Waals surface area contributed by atoms with Crippen LogP contribution in [-0.2, 0) is 6.54 Å². The van der Waals surface area contributed by atoms with Crippen LogP contribution in [0.2, 0.25) is 0 Å². The molecule has 0 amide bonds. The third kappa shape index (κ3) is 3.72. The zero-order valence-electron chi connectivity index (χ0n) is 11.2. The number of ether oxygens (including phenoxy) is 1. The van der Waals surface area contributed by atoms with Crippen LogP contribution < -0.4 is 10.1 Å². The largest absolute Gasteiger partial charge is 0.496 e. The number of nitrogens with one attached hydrogen (secondary N) is 1. The maximum Gasteiger partial charge on any atom is 0.121 e. The molecular weight excluding hydrogens is 242 g/mol. The lowest BCUT2D eigenvalue weighted by Crippen LogP contribution is -2.25. The topological polar surface area (TPSA) is 59.3 Å². The van der Waals surface area contributed by atoms with E-state index in [4.69, 9.17) is 4.74 Å². The van der Waals surface area contributed by atoms with E-state index in [0.717, 1.165) is 17.0 Å². The number of benzene rings is 1. The molecule has 1 heterocycles. The van der Waals surface area contributed by atoms with Gasteiger partial charge in [0.1, 0.15) is 5.75 Å². The second-order valence-corrected chi connectivity index (χ2v) is 4.45. The summed E-state index contributed by atoms with van der Waals surface area (Å²) in [5, 5.41) is 17.2. The number of nitrogens with zero attached hydrogens (tertiary/aromatic N) is 2. The summed E-state index contributed by atoms with van der Waals surface area (Å²) in [6.07, 6.45) is 3.05. The monoisotopic (exact) mass is 261 g/mol. The first-order chi connectivity index (χ1) is 9.19. The number of aliphatic hydroxyl groups is 1. The number of methoxy groups -OCH3 is 1. The summed E-state index contributed by atoms with van der Waals surface area (Å²) in [6.45, 7) is 2.95. The van der Waals surface area contributed by atoms with Crippen LogP contribution in [0.5, 0.6) is 5.75 Å². The van der Waals surface area contributed by atoms with E-state index < -0.39 is 6.10 Å². The van der Waals surface area contributed by atoms with Crippen molar-refractivity contribution in [3.63, 3.8) is 0 Å². The summed E-state index contributed by atoms with van der Waals surface area (Å²) in [5.41, 5.74) is 2.03. The molecule has 0 fully saturated rings. The molecule has 0 saturated heterocycles. The number of hydrogen-bond donors (Lipinski definition) is 2. The fourth-order valence-corrected chi connectivity index (χ4v) is 1.91. The maximum atomic E-state index is 9.90. The van der Waals surface area contributed by atoms with Gasteiger partial charge >= 0.3 is 0 Å². The summed E-state index contributed by atoms with van der Waals surface area (Å²) < 4.78 is 6.92. The molecule has 2 N–H and O–H groups in total. The van der Waals surface area contributed by atoms with Crippen molar-refractivity contribution in [3.05, 3.63) is 42.2 Å². The van der Waals surface area contributed by atoms with Gasteiger partial charge < -0.3 is 15.2 Å². The molecule has 1 atom stereocenters. The van der Waals surface area contributed by atoms with Gasteiger partial charge in [-0.2, -0.15) is 5.10 Å². The van der Waals surface area contributed by atoms with Crippen LogP contribution in [0.3, 0.4) is 0 Å². The first-order valence-electron chi connectivity index (χ1n) is 6.23. The quantitative estimate of drug-likeness (QED) is 0.830. The van der Waals surface area contributed by atoms with Gasteiger partial charge in [-0.1, -0.05) is 0 Å². The minimum atomic E-state index is -0.484. The highest BCUT2D eigenvalue weighted by Crippen LogP contribution is 2.21. The average Bonchev–Trinajstić information content (AvgIpc) is 2.89. The van der Waals surface area contributed by atoms with Crippen molar-refractivity contribution in [2.45, 2.75) is 19.6 Å². The average molecular weight is 261 g/mol. The highest BCUT2D eigenvalue weighted by molar-refractivity contribution is 5.50. The van der Waals surface area contributed by atoms with Gasteiger partial charge in [-0.15, -0.1) is 0 Å². The lowest BCUT2D eigenvalue weighted by Gasteiger charge is -2.14. The van der Waals surface area contributed by atoms with E-state index in [1.54, 1.807) is 18.0 Å². The summed E-state index contributed by atoms with van der Waals surface area (Å²) in [4.78, 5) is 0. The number of anilines is 1. The Morgan fingerprint density at radius 2 is 2.32 bits per heavy atom. The maximum absolute atomic E-state index is 9.90. The number of aliphatic hydroxyl groups excluding tert-OH is 1. The van der Waals surface area contributed by atoms with Gasteiger partial charge in [-0.25, -0.2) is 0 Å². The molecular formula is C14H19N3O2. The van der Waals surface area contributed by atoms with Crippen molar-refractivity contribution >= 4 is 5.69 Å². The van der Waals surface area contributed by atoms with Crippen molar-refractivity contribution in [1.29, 1.82) is 0 Å². The van der Waals surface area contributed by atoms with Crippen molar-refractivity contribution in [2.75, 3.05) is 19.0 Å². The summed E-state index contributed by atoms with van der Waals surface area (Å²) in [6, 6.07) is 7.69. The van der Waals surface area contributed by atoms with Crippen molar-refractivity contribution in [1.82, 2.24) is 9.78 Å². The Balaban J connectivity index is 1.86. The van der Waals surface area contributed by atoms with Crippen LogP contribution in [-0.4, -0.2) is 34.6 Å². The molecule has 1 aromatic heterocycles. The Morgan fingerprint density at radius 3 is 2.95 bits per heavy atom. The van der Waals surface area contributed by atoms with Crippen LogP contribution >= 0.6 is 0 Å². The lowest BCUT2D eigenvalue weighted by molar-refractivity contribution is 0.161. The Kier molecular flexibility index (Phi) is 4.41. The van der Waals surface area contributed by atoms with Crippen LogP contribution in [0.4, 0.5) is 5.69 Å². The molecule has 0 spiro atoms. The standard InChI is InChI=1S/C14H19N3O2/c1-11-8-12(4-5-14(11)19-2)15-9-13(18)10-17-7-3-6-16-17/h3-8,13,15,18H,9-10H2,1-2H3. The Hall–Kier alpha value is -2.01. The minimum absolute atomic E-state index is 0.478. The molecule has 0 aliphatic carbocycles. The van der Waals surface area contributed by atoms with Crippen LogP contribution in [0, 0.1) is 6.92 Å². The van der Waals surface area contributed by atoms with E-state index in [0.29, 0.717) is 13.1 Å². The number of aromatic nitrogens is 2. The van der Waals surface area contributed by atoms with Crippen molar-refractivity contribution < 1.29 is 9.84 Å². The van der Waals surface area contributed by atoms with Gasteiger partial charge in [0.15, 0.2) is 0 Å². The Bertz CT molecular complexity index is 511. The molecule has 1 unspecified atom stereocenters. The molecule has 0 radical (unpaired) electrons. The second-order valence-electron chi connectivity index (χ2n) is 4.45. The van der Waals surface area contributed by atoms with E-state index in [1.807, 2.05) is 37.4 Å². The van der Waals surface area contributed by atoms with Gasteiger partial charge in [-0.05, 0) is 36.8 Å². The second kappa shape index (κ2) is 6.24. The van der Waals surface area contributed by atoms with Crippen molar-refractivity contribution in [2.24, 2.45) is 0 Å². The number of rotatable bonds is 6. The summed E-state index contributed by atoms with van der Waals surface area (Å²) >= 11 is 0. The normalized spacial score (nSPS) is 12.2. The van der Waals surface area contributed by atoms with Crippen LogP contribution in [0.1, 0.15) is 5.56 Å². The SMILES string of the molecule is COc1ccc(NCC(O)Cn2cccn2)cc1C. The first-order valence-corrected chi connectivity index (χ1v) is 6.23. The molecule has 5 heteroatoms. The third-order valence-electron chi connectivity index (χ3n) is 2.89. The minimum Gasteiger partial charge on any atom is -0.496 e. The predicted octanol–water partition coefficient (Wildman–Crippen LogP) is 1.67. The Labute approximate surface area is 112 Å². The molecule has 0 aliphatic heterocycles.